The second-order valence-corrected chi connectivity index (χ2v) is 3.93. The summed E-state index contributed by atoms with van der Waals surface area (Å²) in [6.07, 6.45) is 1.50. The number of nitrogens with one attached hydrogen (secondary N) is 1. The molecule has 0 fully saturated rings. The minimum Gasteiger partial charge on any atom is -0.377 e. The highest BCUT2D eigenvalue weighted by Crippen LogP contribution is 2.06. The SMILES string of the molecule is CC(C)OCCNc1nc2ccc(F)cn2n1. The van der Waals surface area contributed by atoms with Crippen molar-refractivity contribution in [2.24, 2.45) is 0 Å². The number of hydrogen-bond donors (Lipinski definition) is 1. The Morgan fingerprint density at radius 2 is 2.29 bits per heavy atom. The lowest BCUT2D eigenvalue weighted by Gasteiger charge is -2.06. The van der Waals surface area contributed by atoms with E-state index in [-0.39, 0.29) is 11.9 Å². The molecule has 2 heterocycles. The zero-order chi connectivity index (χ0) is 12.3. The monoisotopic (exact) mass is 238 g/mol. The quantitative estimate of drug-likeness (QED) is 0.806. The lowest BCUT2D eigenvalue weighted by atomic mass is 10.5. The summed E-state index contributed by atoms with van der Waals surface area (Å²) in [5.74, 6) is 0.139. The first-order valence-corrected chi connectivity index (χ1v) is 5.52. The Hall–Kier alpha value is -1.69. The molecule has 0 aliphatic rings. The minimum absolute atomic E-state index is 0.208. The molecule has 0 radical (unpaired) electrons. The number of hydrogen-bond acceptors (Lipinski definition) is 4. The third-order valence-corrected chi connectivity index (χ3v) is 2.13. The predicted octanol–water partition coefficient (Wildman–Crippen LogP) is 1.71. The molecule has 0 saturated carbocycles. The van der Waals surface area contributed by atoms with Gasteiger partial charge < -0.3 is 10.1 Å². The molecule has 0 unspecified atom stereocenters. The number of pyridine rings is 1. The van der Waals surface area contributed by atoms with Gasteiger partial charge in [0.15, 0.2) is 5.65 Å². The van der Waals surface area contributed by atoms with E-state index in [1.165, 1.54) is 16.8 Å². The van der Waals surface area contributed by atoms with Gasteiger partial charge in [-0.2, -0.15) is 4.98 Å². The molecular weight excluding hydrogens is 223 g/mol. The summed E-state index contributed by atoms with van der Waals surface area (Å²) in [6, 6.07) is 2.94. The molecule has 0 aliphatic carbocycles. The van der Waals surface area contributed by atoms with Gasteiger partial charge in [-0.25, -0.2) is 8.91 Å². The van der Waals surface area contributed by atoms with Gasteiger partial charge >= 0.3 is 0 Å². The molecule has 6 heteroatoms. The minimum atomic E-state index is -0.336. The largest absolute Gasteiger partial charge is 0.377 e. The first kappa shape index (κ1) is 11.8. The summed E-state index contributed by atoms with van der Waals surface area (Å²) in [5.41, 5.74) is 0.610. The van der Waals surface area contributed by atoms with Crippen molar-refractivity contribution in [1.82, 2.24) is 14.6 Å². The number of aromatic nitrogens is 3. The molecule has 2 aromatic heterocycles. The van der Waals surface area contributed by atoms with E-state index in [9.17, 15) is 4.39 Å². The Kier molecular flexibility index (Phi) is 3.53. The van der Waals surface area contributed by atoms with E-state index in [0.29, 0.717) is 24.7 Å². The average Bonchev–Trinajstić information content (AvgIpc) is 2.66. The van der Waals surface area contributed by atoms with Gasteiger partial charge in [-0.15, -0.1) is 5.10 Å². The van der Waals surface area contributed by atoms with Crippen LogP contribution in [-0.4, -0.2) is 33.9 Å². The summed E-state index contributed by atoms with van der Waals surface area (Å²) >= 11 is 0. The van der Waals surface area contributed by atoms with Crippen LogP contribution >= 0.6 is 0 Å². The van der Waals surface area contributed by atoms with E-state index in [1.54, 1.807) is 6.07 Å². The maximum absolute atomic E-state index is 12.9. The Bertz CT molecular complexity index is 497. The van der Waals surface area contributed by atoms with Crippen LogP contribution in [0.1, 0.15) is 13.8 Å². The Morgan fingerprint density at radius 3 is 3.06 bits per heavy atom. The zero-order valence-corrected chi connectivity index (χ0v) is 9.85. The van der Waals surface area contributed by atoms with Crippen molar-refractivity contribution in [2.45, 2.75) is 20.0 Å². The van der Waals surface area contributed by atoms with Crippen molar-refractivity contribution in [2.75, 3.05) is 18.5 Å². The van der Waals surface area contributed by atoms with Gasteiger partial charge in [0.05, 0.1) is 18.9 Å². The van der Waals surface area contributed by atoms with E-state index in [2.05, 4.69) is 15.4 Å². The van der Waals surface area contributed by atoms with Crippen LogP contribution in [0, 0.1) is 5.82 Å². The third kappa shape index (κ3) is 3.13. The molecule has 2 aromatic rings. The van der Waals surface area contributed by atoms with Gasteiger partial charge in [0, 0.05) is 6.54 Å². The highest BCUT2D eigenvalue weighted by atomic mass is 19.1. The fourth-order valence-corrected chi connectivity index (χ4v) is 1.39. The highest BCUT2D eigenvalue weighted by Gasteiger charge is 2.03. The first-order valence-electron chi connectivity index (χ1n) is 5.52. The molecular formula is C11H15FN4O. The van der Waals surface area contributed by atoms with E-state index in [0.717, 1.165) is 0 Å². The second-order valence-electron chi connectivity index (χ2n) is 3.93. The normalized spacial score (nSPS) is 11.3. The molecule has 2 rings (SSSR count). The molecule has 92 valence electrons. The second kappa shape index (κ2) is 5.09. The van der Waals surface area contributed by atoms with Crippen molar-refractivity contribution in [1.29, 1.82) is 0 Å². The fourth-order valence-electron chi connectivity index (χ4n) is 1.39. The number of nitrogens with zero attached hydrogens (tertiary/aromatic N) is 3. The van der Waals surface area contributed by atoms with Crippen molar-refractivity contribution in [3.05, 3.63) is 24.1 Å². The number of rotatable bonds is 5. The van der Waals surface area contributed by atoms with E-state index in [1.807, 2.05) is 13.8 Å². The van der Waals surface area contributed by atoms with Crippen LogP contribution in [0.25, 0.3) is 5.65 Å². The van der Waals surface area contributed by atoms with Crippen molar-refractivity contribution >= 4 is 11.6 Å². The van der Waals surface area contributed by atoms with Crippen LogP contribution in [0.4, 0.5) is 10.3 Å². The van der Waals surface area contributed by atoms with Crippen LogP contribution in [0.2, 0.25) is 0 Å². The molecule has 0 spiro atoms. The van der Waals surface area contributed by atoms with Gasteiger partial charge in [0.25, 0.3) is 0 Å². The van der Waals surface area contributed by atoms with Crippen LogP contribution in [0.3, 0.4) is 0 Å². The van der Waals surface area contributed by atoms with Crippen LogP contribution in [0.15, 0.2) is 18.3 Å². The molecule has 5 nitrogen and oxygen atoms in total. The maximum atomic E-state index is 12.9. The number of halogens is 1. The lowest BCUT2D eigenvalue weighted by Crippen LogP contribution is -2.13. The van der Waals surface area contributed by atoms with Crippen LogP contribution in [-0.2, 0) is 4.74 Å². The van der Waals surface area contributed by atoms with E-state index < -0.39 is 0 Å². The topological polar surface area (TPSA) is 51.5 Å². The molecule has 0 aliphatic heterocycles. The van der Waals surface area contributed by atoms with Crippen LogP contribution < -0.4 is 5.32 Å². The van der Waals surface area contributed by atoms with E-state index in [4.69, 9.17) is 4.74 Å². The molecule has 0 bridgehead atoms. The van der Waals surface area contributed by atoms with Crippen molar-refractivity contribution in [3.63, 3.8) is 0 Å². The number of ether oxygens (including phenoxy) is 1. The first-order chi connectivity index (χ1) is 8.15. The van der Waals surface area contributed by atoms with Crippen molar-refractivity contribution in [3.8, 4) is 0 Å². The molecule has 1 N–H and O–H groups in total. The Balaban J connectivity index is 1.95. The van der Waals surface area contributed by atoms with Gasteiger partial charge in [-0.3, -0.25) is 0 Å². The lowest BCUT2D eigenvalue weighted by molar-refractivity contribution is 0.0870. The summed E-state index contributed by atoms with van der Waals surface area (Å²) in [5, 5.41) is 7.11. The van der Waals surface area contributed by atoms with Gasteiger partial charge in [-0.1, -0.05) is 0 Å². The maximum Gasteiger partial charge on any atom is 0.243 e. The molecule has 17 heavy (non-hydrogen) atoms. The third-order valence-electron chi connectivity index (χ3n) is 2.13. The zero-order valence-electron chi connectivity index (χ0n) is 9.85. The summed E-state index contributed by atoms with van der Waals surface area (Å²) in [6.45, 7) is 5.16. The summed E-state index contributed by atoms with van der Waals surface area (Å²) in [7, 11) is 0. The summed E-state index contributed by atoms with van der Waals surface area (Å²) < 4.78 is 19.7. The van der Waals surface area contributed by atoms with E-state index >= 15 is 0 Å². The van der Waals surface area contributed by atoms with Gasteiger partial charge in [-0.05, 0) is 26.0 Å². The van der Waals surface area contributed by atoms with Crippen LogP contribution in [0.5, 0.6) is 0 Å². The number of anilines is 1. The van der Waals surface area contributed by atoms with Gasteiger partial charge in [0.2, 0.25) is 5.95 Å². The average molecular weight is 238 g/mol. The Morgan fingerprint density at radius 1 is 1.47 bits per heavy atom. The smallest absolute Gasteiger partial charge is 0.243 e. The highest BCUT2D eigenvalue weighted by molar-refractivity contribution is 5.42. The number of fused-ring (bicyclic) bond motifs is 1. The standard InChI is InChI=1S/C11H15FN4O/c1-8(2)17-6-5-13-11-14-10-4-3-9(12)7-16(10)15-11/h3-4,7-8H,5-6H2,1-2H3,(H,13,15). The van der Waals surface area contributed by atoms with Crippen molar-refractivity contribution < 1.29 is 9.13 Å². The van der Waals surface area contributed by atoms with Gasteiger partial charge in [0.1, 0.15) is 5.82 Å². The fraction of sp³-hybridized carbons (Fsp3) is 0.455. The summed E-state index contributed by atoms with van der Waals surface area (Å²) in [4.78, 5) is 4.19. The predicted molar refractivity (Wildman–Crippen MR) is 62.5 cm³/mol. The molecule has 0 saturated heterocycles. The molecule has 0 aromatic carbocycles. The Labute approximate surface area is 98.6 Å². The molecule has 0 amide bonds. The molecule has 0 atom stereocenters.